The van der Waals surface area contributed by atoms with Crippen molar-refractivity contribution in [2.24, 2.45) is 0 Å². The summed E-state index contributed by atoms with van der Waals surface area (Å²) < 4.78 is 4.62. The molecule has 2 nitrogen and oxygen atoms in total. The molecule has 0 fully saturated rings. The Morgan fingerprint density at radius 3 is 2.44 bits per heavy atom. The summed E-state index contributed by atoms with van der Waals surface area (Å²) in [4.78, 5) is 0. The van der Waals surface area contributed by atoms with Crippen LogP contribution in [0.4, 0.5) is 0 Å². The third-order valence-corrected chi connectivity index (χ3v) is 0.631. The number of furan rings is 1. The smallest absolute Gasteiger partial charge is 0.203 e. The Balaban J connectivity index is 0. The molecule has 0 spiro atoms. The fourth-order valence-corrected chi connectivity index (χ4v) is 0.342. The molecule has 0 unspecified atom stereocenters. The van der Waals surface area contributed by atoms with Crippen LogP contribution in [0.2, 0.25) is 0 Å². The average Bonchev–Trinajstić information content (AvgIpc) is 2.14. The maximum Gasteiger partial charge on any atom is 0.203 e. The molecule has 1 aromatic heterocycles. The summed E-state index contributed by atoms with van der Waals surface area (Å²) in [6.07, 6.45) is 1.47. The summed E-state index contributed by atoms with van der Waals surface area (Å²) in [7, 11) is 0. The lowest BCUT2D eigenvalue weighted by atomic mass is 10.5. The fourth-order valence-electron chi connectivity index (χ4n) is 0.342. The first-order valence-electron chi connectivity index (χ1n) is 1.87. The minimum atomic E-state index is 0. The number of hydrogen-bond donors (Lipinski definition) is 0. The van der Waals surface area contributed by atoms with Gasteiger partial charge in [0.05, 0.1) is 6.26 Å². The highest BCUT2D eigenvalue weighted by molar-refractivity contribution is 8.93. The van der Waals surface area contributed by atoms with Crippen molar-refractivity contribution in [1.29, 1.82) is 5.26 Å². The van der Waals surface area contributed by atoms with E-state index in [2.05, 4.69) is 4.42 Å². The second-order valence-electron chi connectivity index (χ2n) is 1.09. The molecule has 1 aromatic rings. The van der Waals surface area contributed by atoms with E-state index in [-0.39, 0.29) is 29.4 Å². The van der Waals surface area contributed by atoms with Gasteiger partial charge >= 0.3 is 0 Å². The first kappa shape index (κ1) is 11.4. The molecule has 0 atom stereocenters. The molecule has 0 radical (unpaired) electrons. The molecule has 0 aromatic carbocycles. The van der Waals surface area contributed by atoms with Crippen LogP contribution >= 0.6 is 29.4 Å². The normalized spacial score (nSPS) is 6.11. The Labute approximate surface area is 69.6 Å². The first-order chi connectivity index (χ1) is 3.43. The van der Waals surface area contributed by atoms with Crippen molar-refractivity contribution in [3.8, 4) is 6.07 Å². The van der Waals surface area contributed by atoms with Crippen molar-refractivity contribution < 1.29 is 4.42 Å². The van der Waals surface area contributed by atoms with E-state index in [4.69, 9.17) is 5.26 Å². The molecule has 0 amide bonds. The third kappa shape index (κ3) is 3.17. The number of hydrogen-bond acceptors (Lipinski definition) is 2. The van der Waals surface area contributed by atoms with Crippen LogP contribution < -0.4 is 0 Å². The summed E-state index contributed by atoms with van der Waals surface area (Å²) in [6, 6.07) is 5.13. The average molecular weight is 210 g/mol. The highest BCUT2D eigenvalue weighted by Crippen LogP contribution is 1.94. The van der Waals surface area contributed by atoms with Gasteiger partial charge in [0.1, 0.15) is 6.07 Å². The number of nitriles is 1. The SMILES string of the molecule is Br.Cl.N#Cc1ccco1. The molecule has 0 bridgehead atoms. The van der Waals surface area contributed by atoms with E-state index in [9.17, 15) is 0 Å². The molecule has 0 aliphatic rings. The van der Waals surface area contributed by atoms with E-state index in [1.54, 1.807) is 12.1 Å². The largest absolute Gasteiger partial charge is 0.454 e. The minimum absolute atomic E-state index is 0. The van der Waals surface area contributed by atoms with Crippen LogP contribution in [0, 0.1) is 11.3 Å². The van der Waals surface area contributed by atoms with Gasteiger partial charge in [-0.25, -0.2) is 0 Å². The Bertz CT molecular complexity index is 179. The summed E-state index contributed by atoms with van der Waals surface area (Å²) in [5.74, 6) is 0.361. The van der Waals surface area contributed by atoms with Gasteiger partial charge in [-0.1, -0.05) is 0 Å². The molecule has 9 heavy (non-hydrogen) atoms. The van der Waals surface area contributed by atoms with Crippen molar-refractivity contribution in [2.45, 2.75) is 0 Å². The highest BCUT2D eigenvalue weighted by Gasteiger charge is 1.84. The van der Waals surface area contributed by atoms with Gasteiger partial charge in [-0.05, 0) is 12.1 Å². The van der Waals surface area contributed by atoms with Crippen LogP contribution in [0.1, 0.15) is 5.76 Å². The maximum atomic E-state index is 8.08. The van der Waals surface area contributed by atoms with E-state index in [1.807, 2.05) is 6.07 Å². The second kappa shape index (κ2) is 5.67. The molecule has 0 aliphatic heterocycles. The predicted molar refractivity (Wildman–Crippen MR) is 41.0 cm³/mol. The van der Waals surface area contributed by atoms with Crippen molar-refractivity contribution in [3.05, 3.63) is 24.2 Å². The van der Waals surface area contributed by atoms with Crippen LogP contribution in [-0.2, 0) is 0 Å². The van der Waals surface area contributed by atoms with Crippen LogP contribution in [0.5, 0.6) is 0 Å². The summed E-state index contributed by atoms with van der Waals surface area (Å²) in [6.45, 7) is 0. The van der Waals surface area contributed by atoms with Crippen molar-refractivity contribution in [3.63, 3.8) is 0 Å². The molecule has 0 saturated carbocycles. The molecular weight excluding hydrogens is 205 g/mol. The lowest BCUT2D eigenvalue weighted by molar-refractivity contribution is 0.553. The van der Waals surface area contributed by atoms with Crippen molar-refractivity contribution in [1.82, 2.24) is 0 Å². The van der Waals surface area contributed by atoms with Crippen molar-refractivity contribution >= 4 is 29.4 Å². The Morgan fingerprint density at radius 2 is 2.22 bits per heavy atom. The van der Waals surface area contributed by atoms with Gasteiger partial charge in [0.15, 0.2) is 0 Å². The van der Waals surface area contributed by atoms with Crippen LogP contribution in [-0.4, -0.2) is 0 Å². The van der Waals surface area contributed by atoms with Gasteiger partial charge in [-0.15, -0.1) is 29.4 Å². The standard InChI is InChI=1S/C5H3NO.BrH.ClH/c6-4-5-2-1-3-7-5;;/h1-3H;2*1H. The van der Waals surface area contributed by atoms with Gasteiger partial charge in [0.25, 0.3) is 0 Å². The Hall–Kier alpha value is -0.460. The van der Waals surface area contributed by atoms with E-state index < -0.39 is 0 Å². The lowest BCUT2D eigenvalue weighted by Gasteiger charge is -1.65. The predicted octanol–water partition coefficient (Wildman–Crippen LogP) is 2.15. The zero-order valence-corrected chi connectivity index (χ0v) is 6.93. The van der Waals surface area contributed by atoms with Gasteiger partial charge in [-0.2, -0.15) is 5.26 Å². The van der Waals surface area contributed by atoms with Gasteiger partial charge in [-0.3, -0.25) is 0 Å². The van der Waals surface area contributed by atoms with Gasteiger partial charge < -0.3 is 4.42 Å². The van der Waals surface area contributed by atoms with Crippen LogP contribution in [0.15, 0.2) is 22.8 Å². The van der Waals surface area contributed by atoms with Crippen LogP contribution in [0.3, 0.4) is 0 Å². The number of nitrogens with zero attached hydrogens (tertiary/aromatic N) is 1. The topological polar surface area (TPSA) is 36.9 Å². The number of halogens is 2. The summed E-state index contributed by atoms with van der Waals surface area (Å²) in [5, 5.41) is 8.08. The molecule has 50 valence electrons. The fraction of sp³-hybridized carbons (Fsp3) is 0. The van der Waals surface area contributed by atoms with Gasteiger partial charge in [0.2, 0.25) is 5.76 Å². The maximum absolute atomic E-state index is 8.08. The molecule has 0 saturated heterocycles. The highest BCUT2D eigenvalue weighted by atomic mass is 79.9. The monoisotopic (exact) mass is 209 g/mol. The van der Waals surface area contributed by atoms with E-state index in [0.29, 0.717) is 5.76 Å². The second-order valence-corrected chi connectivity index (χ2v) is 1.09. The molecule has 1 rings (SSSR count). The van der Waals surface area contributed by atoms with Crippen molar-refractivity contribution in [2.75, 3.05) is 0 Å². The van der Waals surface area contributed by atoms with Crippen LogP contribution in [0.25, 0.3) is 0 Å². The number of rotatable bonds is 0. The third-order valence-electron chi connectivity index (χ3n) is 0.631. The molecule has 1 heterocycles. The Morgan fingerprint density at radius 1 is 1.56 bits per heavy atom. The van der Waals surface area contributed by atoms with E-state index in [1.165, 1.54) is 6.26 Å². The molecule has 0 N–H and O–H groups in total. The Kier molecular flexibility index (Phi) is 7.15. The van der Waals surface area contributed by atoms with E-state index in [0.717, 1.165) is 0 Å². The molecular formula is C5H5BrClNO. The summed E-state index contributed by atoms with van der Waals surface area (Å²) >= 11 is 0. The van der Waals surface area contributed by atoms with E-state index >= 15 is 0 Å². The van der Waals surface area contributed by atoms with Gasteiger partial charge in [0, 0.05) is 0 Å². The zero-order valence-electron chi connectivity index (χ0n) is 4.40. The quantitative estimate of drug-likeness (QED) is 0.658. The molecule has 0 aliphatic carbocycles. The lowest BCUT2D eigenvalue weighted by Crippen LogP contribution is -1.54. The summed E-state index contributed by atoms with van der Waals surface area (Å²) in [5.41, 5.74) is 0. The first-order valence-corrected chi connectivity index (χ1v) is 1.87. The zero-order chi connectivity index (χ0) is 5.11. The minimum Gasteiger partial charge on any atom is -0.454 e. The molecule has 4 heteroatoms.